The molecule has 1 rings (SSSR count). The highest BCUT2D eigenvalue weighted by molar-refractivity contribution is 7.09. The van der Waals surface area contributed by atoms with Crippen LogP contribution in [0.2, 0.25) is 0 Å². The topological polar surface area (TPSA) is 29.3 Å². The molecule has 0 saturated carbocycles. The molecule has 1 aromatic rings. The van der Waals surface area contributed by atoms with Crippen LogP contribution in [0.5, 0.6) is 0 Å². The third kappa shape index (κ3) is 4.78. The molecule has 0 aliphatic rings. The van der Waals surface area contributed by atoms with Crippen molar-refractivity contribution in [3.8, 4) is 0 Å². The minimum Gasteiger partial charge on any atom is -0.330 e. The molecule has 0 aliphatic carbocycles. The number of hydrogen-bond donors (Lipinski definition) is 1. The van der Waals surface area contributed by atoms with Crippen molar-refractivity contribution in [1.82, 2.24) is 4.90 Å². The lowest BCUT2D eigenvalue weighted by atomic mass is 9.89. The second kappa shape index (κ2) is 5.64. The summed E-state index contributed by atoms with van der Waals surface area (Å²) >= 11 is 1.82. The van der Waals surface area contributed by atoms with Crippen molar-refractivity contribution in [2.45, 2.75) is 26.8 Å². The average molecular weight is 226 g/mol. The van der Waals surface area contributed by atoms with Crippen molar-refractivity contribution in [1.29, 1.82) is 0 Å². The van der Waals surface area contributed by atoms with Gasteiger partial charge in [0, 0.05) is 18.0 Å². The van der Waals surface area contributed by atoms with E-state index in [2.05, 4.69) is 43.3 Å². The van der Waals surface area contributed by atoms with Gasteiger partial charge in [-0.25, -0.2) is 0 Å². The summed E-state index contributed by atoms with van der Waals surface area (Å²) in [4.78, 5) is 3.81. The van der Waals surface area contributed by atoms with Crippen LogP contribution in [0.1, 0.15) is 25.1 Å². The Morgan fingerprint density at radius 3 is 2.73 bits per heavy atom. The van der Waals surface area contributed by atoms with Crippen LogP contribution in [0.25, 0.3) is 0 Å². The van der Waals surface area contributed by atoms with Crippen LogP contribution in [-0.4, -0.2) is 25.0 Å². The van der Waals surface area contributed by atoms with Crippen LogP contribution in [0.3, 0.4) is 0 Å². The normalized spacial score (nSPS) is 12.3. The Morgan fingerprint density at radius 1 is 1.47 bits per heavy atom. The maximum atomic E-state index is 5.61. The Morgan fingerprint density at radius 2 is 2.20 bits per heavy atom. The molecule has 0 radical (unpaired) electrons. The molecule has 1 heterocycles. The van der Waals surface area contributed by atoms with Gasteiger partial charge in [0.2, 0.25) is 0 Å². The number of nitrogens with two attached hydrogens (primary N) is 1. The number of thiophene rings is 1. The first kappa shape index (κ1) is 12.7. The van der Waals surface area contributed by atoms with Crippen LogP contribution in [0.4, 0.5) is 0 Å². The first-order valence-corrected chi connectivity index (χ1v) is 6.32. The van der Waals surface area contributed by atoms with Gasteiger partial charge in [-0.3, -0.25) is 0 Å². The fourth-order valence-electron chi connectivity index (χ4n) is 1.92. The molecule has 0 saturated heterocycles. The molecule has 0 aromatic carbocycles. The fourth-order valence-corrected chi connectivity index (χ4v) is 2.71. The number of nitrogens with zero attached hydrogens (tertiary/aromatic N) is 1. The molecule has 0 fully saturated rings. The molecule has 15 heavy (non-hydrogen) atoms. The molecule has 2 N–H and O–H groups in total. The molecule has 1 aromatic heterocycles. The molecule has 0 atom stereocenters. The quantitative estimate of drug-likeness (QED) is 0.808. The summed E-state index contributed by atoms with van der Waals surface area (Å²) in [7, 11) is 2.18. The van der Waals surface area contributed by atoms with E-state index in [0.29, 0.717) is 5.41 Å². The second-order valence-corrected chi connectivity index (χ2v) is 5.99. The summed E-state index contributed by atoms with van der Waals surface area (Å²) in [6.07, 6.45) is 1.09. The predicted molar refractivity (Wildman–Crippen MR) is 68.1 cm³/mol. The third-order valence-electron chi connectivity index (χ3n) is 2.52. The van der Waals surface area contributed by atoms with Crippen molar-refractivity contribution in [3.05, 3.63) is 22.4 Å². The largest absolute Gasteiger partial charge is 0.330 e. The maximum absolute atomic E-state index is 5.61. The van der Waals surface area contributed by atoms with Gasteiger partial charge in [-0.1, -0.05) is 19.9 Å². The lowest BCUT2D eigenvalue weighted by Gasteiger charge is -2.29. The van der Waals surface area contributed by atoms with Gasteiger partial charge in [0.05, 0.1) is 0 Å². The van der Waals surface area contributed by atoms with Crippen molar-refractivity contribution >= 4 is 11.3 Å². The van der Waals surface area contributed by atoms with E-state index < -0.39 is 0 Å². The van der Waals surface area contributed by atoms with Crippen molar-refractivity contribution in [3.63, 3.8) is 0 Å². The summed E-state index contributed by atoms with van der Waals surface area (Å²) < 4.78 is 0. The summed E-state index contributed by atoms with van der Waals surface area (Å²) in [5.41, 5.74) is 5.93. The van der Waals surface area contributed by atoms with Crippen molar-refractivity contribution in [2.75, 3.05) is 20.1 Å². The zero-order valence-electron chi connectivity index (χ0n) is 9.99. The minimum atomic E-state index is 0.320. The zero-order chi connectivity index (χ0) is 11.3. The lowest BCUT2D eigenvalue weighted by molar-refractivity contribution is 0.196. The van der Waals surface area contributed by atoms with E-state index in [1.165, 1.54) is 4.88 Å². The molecular formula is C12H22N2S. The lowest BCUT2D eigenvalue weighted by Crippen LogP contribution is -2.32. The smallest absolute Gasteiger partial charge is 0.0325 e. The van der Waals surface area contributed by atoms with Gasteiger partial charge in [-0.2, -0.15) is 0 Å². The van der Waals surface area contributed by atoms with Gasteiger partial charge in [-0.15, -0.1) is 11.3 Å². The van der Waals surface area contributed by atoms with E-state index >= 15 is 0 Å². The minimum absolute atomic E-state index is 0.320. The van der Waals surface area contributed by atoms with Crippen LogP contribution in [0.15, 0.2) is 17.5 Å². The molecule has 0 bridgehead atoms. The van der Waals surface area contributed by atoms with Gasteiger partial charge in [0.25, 0.3) is 0 Å². The Hall–Kier alpha value is -0.380. The van der Waals surface area contributed by atoms with Crippen LogP contribution >= 0.6 is 11.3 Å². The van der Waals surface area contributed by atoms with E-state index in [-0.39, 0.29) is 0 Å². The van der Waals surface area contributed by atoms with Gasteiger partial charge >= 0.3 is 0 Å². The van der Waals surface area contributed by atoms with Crippen molar-refractivity contribution in [2.24, 2.45) is 11.1 Å². The highest BCUT2D eigenvalue weighted by Crippen LogP contribution is 2.21. The average Bonchev–Trinajstić information content (AvgIpc) is 2.54. The van der Waals surface area contributed by atoms with Gasteiger partial charge in [0.1, 0.15) is 0 Å². The first-order valence-electron chi connectivity index (χ1n) is 5.44. The van der Waals surface area contributed by atoms with Gasteiger partial charge < -0.3 is 10.6 Å². The Kier molecular flexibility index (Phi) is 4.77. The predicted octanol–water partition coefficient (Wildman–Crippen LogP) is 2.55. The SMILES string of the molecule is CN(Cc1cccs1)CC(C)(C)CCN. The van der Waals surface area contributed by atoms with Crippen LogP contribution in [-0.2, 0) is 6.54 Å². The van der Waals surface area contributed by atoms with E-state index in [4.69, 9.17) is 5.73 Å². The van der Waals surface area contributed by atoms with Crippen LogP contribution in [0, 0.1) is 5.41 Å². The summed E-state index contributed by atoms with van der Waals surface area (Å²) in [5, 5.41) is 2.13. The van der Waals surface area contributed by atoms with Gasteiger partial charge in [-0.05, 0) is 36.9 Å². The molecule has 0 unspecified atom stereocenters. The van der Waals surface area contributed by atoms with E-state index in [9.17, 15) is 0 Å². The van der Waals surface area contributed by atoms with E-state index in [1.807, 2.05) is 11.3 Å². The third-order valence-corrected chi connectivity index (χ3v) is 3.39. The summed E-state index contributed by atoms with van der Waals surface area (Å²) in [6.45, 7) is 7.49. The monoisotopic (exact) mass is 226 g/mol. The second-order valence-electron chi connectivity index (χ2n) is 4.95. The molecule has 2 nitrogen and oxygen atoms in total. The van der Waals surface area contributed by atoms with E-state index in [1.54, 1.807) is 0 Å². The first-order chi connectivity index (χ1) is 7.03. The Balaban J connectivity index is 2.38. The van der Waals surface area contributed by atoms with Crippen LogP contribution < -0.4 is 5.73 Å². The molecule has 0 amide bonds. The maximum Gasteiger partial charge on any atom is 0.0325 e. The highest BCUT2D eigenvalue weighted by Gasteiger charge is 2.19. The molecule has 3 heteroatoms. The highest BCUT2D eigenvalue weighted by atomic mass is 32.1. The fraction of sp³-hybridized carbons (Fsp3) is 0.667. The molecule has 86 valence electrons. The van der Waals surface area contributed by atoms with Crippen molar-refractivity contribution < 1.29 is 0 Å². The van der Waals surface area contributed by atoms with E-state index in [0.717, 1.165) is 26.1 Å². The molecular weight excluding hydrogens is 204 g/mol. The summed E-state index contributed by atoms with van der Waals surface area (Å²) in [5.74, 6) is 0. The molecule has 0 spiro atoms. The standard InChI is InChI=1S/C12H22N2S/c1-12(2,6-7-13)10-14(3)9-11-5-4-8-15-11/h4-5,8H,6-7,9-10,13H2,1-3H3. The zero-order valence-corrected chi connectivity index (χ0v) is 10.8. The van der Waals surface area contributed by atoms with Gasteiger partial charge in [0.15, 0.2) is 0 Å². The summed E-state index contributed by atoms with van der Waals surface area (Å²) in [6, 6.07) is 4.30. The Labute approximate surface area is 97.1 Å². The number of rotatable bonds is 6. The molecule has 0 aliphatic heterocycles. The number of hydrogen-bond acceptors (Lipinski definition) is 3. The Bertz CT molecular complexity index is 267.